The summed E-state index contributed by atoms with van der Waals surface area (Å²) in [5, 5.41) is 14.0. The number of nitrogens with zero attached hydrogens (tertiary/aromatic N) is 1. The van der Waals surface area contributed by atoms with Gasteiger partial charge >= 0.3 is 0 Å². The molecule has 0 bridgehead atoms. The van der Waals surface area contributed by atoms with Crippen LogP contribution in [0.3, 0.4) is 0 Å². The molecule has 0 amide bonds. The Morgan fingerprint density at radius 1 is 1.41 bits per heavy atom. The molecule has 0 aliphatic carbocycles. The van der Waals surface area contributed by atoms with Crippen LogP contribution >= 0.6 is 0 Å². The molecule has 2 atom stereocenters. The van der Waals surface area contributed by atoms with Crippen LogP contribution in [0.2, 0.25) is 0 Å². The van der Waals surface area contributed by atoms with Crippen molar-refractivity contribution < 1.29 is 9.72 Å². The summed E-state index contributed by atoms with van der Waals surface area (Å²) in [6, 6.07) is 6.47. The molecule has 1 heterocycles. The van der Waals surface area contributed by atoms with Crippen LogP contribution in [0, 0.1) is 10.1 Å². The Morgan fingerprint density at radius 3 is 2.88 bits per heavy atom. The van der Waals surface area contributed by atoms with Gasteiger partial charge in [-0.05, 0) is 18.5 Å². The van der Waals surface area contributed by atoms with Gasteiger partial charge in [0.25, 0.3) is 0 Å². The maximum absolute atomic E-state index is 11.0. The number of aldehydes is 1. The van der Waals surface area contributed by atoms with Crippen LogP contribution < -0.4 is 5.32 Å². The summed E-state index contributed by atoms with van der Waals surface area (Å²) in [5.41, 5.74) is 1.36. The highest BCUT2D eigenvalue weighted by Gasteiger charge is 2.35. The molecule has 1 aliphatic heterocycles. The van der Waals surface area contributed by atoms with E-state index in [1.54, 1.807) is 12.1 Å². The Hall–Kier alpha value is -1.75. The molecular weight excluding hydrogens is 220 g/mol. The molecule has 17 heavy (non-hydrogen) atoms. The van der Waals surface area contributed by atoms with E-state index in [1.807, 2.05) is 12.1 Å². The van der Waals surface area contributed by atoms with Gasteiger partial charge in [0.15, 0.2) is 0 Å². The number of nitrogens with one attached hydrogen (secondary N) is 1. The molecule has 1 saturated heterocycles. The van der Waals surface area contributed by atoms with Crippen LogP contribution in [-0.2, 0) is 0 Å². The summed E-state index contributed by atoms with van der Waals surface area (Å²) in [5.74, 6) is -0.173. The fraction of sp³-hybridized carbons (Fsp3) is 0.417. The van der Waals surface area contributed by atoms with Crippen molar-refractivity contribution in [3.63, 3.8) is 0 Å². The lowest BCUT2D eigenvalue weighted by Crippen LogP contribution is -2.44. The van der Waals surface area contributed by atoms with Crippen molar-refractivity contribution in [2.24, 2.45) is 0 Å². The molecule has 2 unspecified atom stereocenters. The van der Waals surface area contributed by atoms with Crippen LogP contribution in [0.5, 0.6) is 0 Å². The lowest BCUT2D eigenvalue weighted by molar-refractivity contribution is -0.526. The van der Waals surface area contributed by atoms with Gasteiger partial charge in [-0.3, -0.25) is 14.9 Å². The first-order valence-corrected chi connectivity index (χ1v) is 5.62. The predicted octanol–water partition coefficient (Wildman–Crippen LogP) is 1.22. The summed E-state index contributed by atoms with van der Waals surface area (Å²) in [4.78, 5) is 21.7. The smallest absolute Gasteiger partial charge is 0.232 e. The van der Waals surface area contributed by atoms with Crippen molar-refractivity contribution in [3.8, 4) is 0 Å². The third kappa shape index (κ3) is 2.34. The standard InChI is InChI=1S/C12H14N2O3/c15-8-9-3-1-2-4-10(9)11-5-6-13-7-12(11)14(16)17/h1-4,8,11-13H,5-7H2. The molecule has 0 spiro atoms. The predicted molar refractivity (Wildman–Crippen MR) is 62.8 cm³/mol. The minimum absolute atomic E-state index is 0.173. The molecule has 1 aromatic rings. The normalized spacial score (nSPS) is 24.2. The third-order valence-corrected chi connectivity index (χ3v) is 3.24. The fourth-order valence-electron chi connectivity index (χ4n) is 2.38. The number of carbonyl (C=O) groups excluding carboxylic acids is 1. The van der Waals surface area contributed by atoms with Gasteiger partial charge in [-0.1, -0.05) is 24.3 Å². The van der Waals surface area contributed by atoms with Crippen molar-refractivity contribution in [3.05, 3.63) is 45.5 Å². The lowest BCUT2D eigenvalue weighted by atomic mass is 9.84. The van der Waals surface area contributed by atoms with Crippen LogP contribution in [0.1, 0.15) is 28.3 Å². The van der Waals surface area contributed by atoms with Crippen LogP contribution in [0.25, 0.3) is 0 Å². The van der Waals surface area contributed by atoms with Crippen LogP contribution in [-0.4, -0.2) is 30.3 Å². The van der Waals surface area contributed by atoms with E-state index in [2.05, 4.69) is 5.32 Å². The summed E-state index contributed by atoms with van der Waals surface area (Å²) >= 11 is 0. The molecule has 0 saturated carbocycles. The second-order valence-electron chi connectivity index (χ2n) is 4.20. The lowest BCUT2D eigenvalue weighted by Gasteiger charge is -2.27. The van der Waals surface area contributed by atoms with Gasteiger partial charge in [0.1, 0.15) is 6.29 Å². The molecule has 0 radical (unpaired) electrons. The van der Waals surface area contributed by atoms with E-state index < -0.39 is 6.04 Å². The van der Waals surface area contributed by atoms with Crippen molar-refractivity contribution in [1.29, 1.82) is 0 Å². The maximum atomic E-state index is 11.0. The minimum Gasteiger partial charge on any atom is -0.310 e. The average molecular weight is 234 g/mol. The molecule has 5 heteroatoms. The zero-order valence-corrected chi connectivity index (χ0v) is 9.33. The molecule has 1 aromatic carbocycles. The summed E-state index contributed by atoms with van der Waals surface area (Å²) in [6.07, 6.45) is 1.46. The highest BCUT2D eigenvalue weighted by molar-refractivity contribution is 5.77. The van der Waals surface area contributed by atoms with E-state index in [-0.39, 0.29) is 10.8 Å². The molecule has 90 valence electrons. The number of hydrogen-bond donors (Lipinski definition) is 1. The van der Waals surface area contributed by atoms with Crippen molar-refractivity contribution in [2.75, 3.05) is 13.1 Å². The monoisotopic (exact) mass is 234 g/mol. The topological polar surface area (TPSA) is 72.2 Å². The van der Waals surface area contributed by atoms with E-state index in [1.165, 1.54) is 0 Å². The van der Waals surface area contributed by atoms with Crippen LogP contribution in [0.15, 0.2) is 24.3 Å². The molecule has 2 rings (SSSR count). The summed E-state index contributed by atoms with van der Waals surface area (Å²) in [6.45, 7) is 1.12. The Labute approximate surface area is 99.0 Å². The molecule has 0 aromatic heterocycles. The van der Waals surface area contributed by atoms with Crippen molar-refractivity contribution in [1.82, 2.24) is 5.32 Å². The van der Waals surface area contributed by atoms with E-state index in [4.69, 9.17) is 0 Å². The minimum atomic E-state index is -0.648. The van der Waals surface area contributed by atoms with E-state index in [0.29, 0.717) is 18.5 Å². The largest absolute Gasteiger partial charge is 0.310 e. The highest BCUT2D eigenvalue weighted by atomic mass is 16.6. The maximum Gasteiger partial charge on any atom is 0.232 e. The number of hydrogen-bond acceptors (Lipinski definition) is 4. The number of rotatable bonds is 3. The number of nitro groups is 1. The zero-order chi connectivity index (χ0) is 12.3. The first-order valence-electron chi connectivity index (χ1n) is 5.62. The Morgan fingerprint density at radius 2 is 2.18 bits per heavy atom. The molecule has 1 aliphatic rings. The molecule has 5 nitrogen and oxygen atoms in total. The average Bonchev–Trinajstić information content (AvgIpc) is 2.38. The van der Waals surface area contributed by atoms with E-state index >= 15 is 0 Å². The molecular formula is C12H14N2O3. The van der Waals surface area contributed by atoms with Gasteiger partial charge < -0.3 is 5.32 Å². The number of benzene rings is 1. The first-order chi connectivity index (χ1) is 8.24. The SMILES string of the molecule is O=Cc1ccccc1C1CCNCC1[N+](=O)[O-]. The number of carbonyl (C=O) groups is 1. The van der Waals surface area contributed by atoms with Gasteiger partial charge in [-0.15, -0.1) is 0 Å². The van der Waals surface area contributed by atoms with Crippen molar-refractivity contribution in [2.45, 2.75) is 18.4 Å². The Kier molecular flexibility index (Phi) is 3.49. The third-order valence-electron chi connectivity index (χ3n) is 3.24. The summed E-state index contributed by atoms with van der Waals surface area (Å²) in [7, 11) is 0. The van der Waals surface area contributed by atoms with Gasteiger partial charge in [0.05, 0.1) is 12.5 Å². The second-order valence-corrected chi connectivity index (χ2v) is 4.20. The zero-order valence-electron chi connectivity index (χ0n) is 9.33. The van der Waals surface area contributed by atoms with Gasteiger partial charge in [0.2, 0.25) is 6.04 Å². The van der Waals surface area contributed by atoms with E-state index in [0.717, 1.165) is 18.4 Å². The van der Waals surface area contributed by atoms with E-state index in [9.17, 15) is 14.9 Å². The number of piperidine rings is 1. The molecule has 1 N–H and O–H groups in total. The quantitative estimate of drug-likeness (QED) is 0.485. The molecule has 1 fully saturated rings. The van der Waals surface area contributed by atoms with Crippen molar-refractivity contribution >= 4 is 6.29 Å². The van der Waals surface area contributed by atoms with Gasteiger partial charge in [-0.25, -0.2) is 0 Å². The first kappa shape index (κ1) is 11.7. The Balaban J connectivity index is 2.35. The second kappa shape index (κ2) is 5.05. The summed E-state index contributed by atoms with van der Waals surface area (Å²) < 4.78 is 0. The van der Waals surface area contributed by atoms with Gasteiger partial charge in [0, 0.05) is 10.5 Å². The van der Waals surface area contributed by atoms with Crippen LogP contribution in [0.4, 0.5) is 0 Å². The Bertz CT molecular complexity index is 434. The fourth-order valence-corrected chi connectivity index (χ4v) is 2.38. The highest BCUT2D eigenvalue weighted by Crippen LogP contribution is 2.29. The van der Waals surface area contributed by atoms with Gasteiger partial charge in [-0.2, -0.15) is 0 Å².